The summed E-state index contributed by atoms with van der Waals surface area (Å²) in [7, 11) is -3.02. The fraction of sp³-hybridized carbons (Fsp3) is 0.610. The van der Waals surface area contributed by atoms with E-state index < -0.39 is 23.7 Å². The lowest BCUT2D eigenvalue weighted by Gasteiger charge is -2.41. The number of hydrogen-bond donors (Lipinski definition) is 0. The van der Waals surface area contributed by atoms with E-state index in [4.69, 9.17) is 41.4 Å². The Morgan fingerprint density at radius 2 is 0.580 bits per heavy atom. The highest BCUT2D eigenvalue weighted by Crippen LogP contribution is 2.55. The maximum Gasteiger partial charge on any atom is 0.406 e. The molecule has 5 aromatic rings. The van der Waals surface area contributed by atoms with Crippen LogP contribution in [0.3, 0.4) is 0 Å². The van der Waals surface area contributed by atoms with E-state index in [0.29, 0.717) is 50.1 Å². The first-order chi connectivity index (χ1) is 40.1. The largest absolute Gasteiger partial charge is 0.426 e. The average Bonchev–Trinajstić information content (AvgIpc) is 1.38. The maximum absolute atomic E-state index is 6.82. The Kier molecular flexibility index (Phi) is 25.4. The molecule has 2 heterocycles. The predicted octanol–water partition coefficient (Wildman–Crippen LogP) is 22.4. The van der Waals surface area contributed by atoms with Gasteiger partial charge in [-0.1, -0.05) is 248 Å². The molecule has 0 bridgehead atoms. The Hall–Kier alpha value is -4.20. The third-order valence-electron chi connectivity index (χ3n) is 15.6. The molecule has 2 aliphatic heterocycles. The molecule has 0 aliphatic carbocycles. The first-order valence-electron chi connectivity index (χ1n) is 32.2. The van der Waals surface area contributed by atoms with E-state index in [2.05, 4.69) is 271 Å². The van der Waals surface area contributed by atoms with E-state index in [9.17, 15) is 0 Å². The van der Waals surface area contributed by atoms with E-state index in [-0.39, 0.29) is 45.3 Å². The van der Waals surface area contributed by atoms with E-state index in [1.807, 2.05) is 0 Å². The smallest absolute Gasteiger partial charge is 0.406 e. The molecular weight excluding hydrogens is 1130 g/mol. The van der Waals surface area contributed by atoms with Crippen LogP contribution in [0, 0.1) is 29.1 Å². The van der Waals surface area contributed by atoms with Crippen LogP contribution in [0.1, 0.15) is 243 Å². The van der Waals surface area contributed by atoms with Gasteiger partial charge in [0.15, 0.2) is 0 Å². The van der Waals surface area contributed by atoms with Gasteiger partial charge in [-0.3, -0.25) is 0 Å². The fourth-order valence-corrected chi connectivity index (χ4v) is 13.3. The van der Waals surface area contributed by atoms with Crippen molar-refractivity contribution in [3.63, 3.8) is 0 Å². The summed E-state index contributed by atoms with van der Waals surface area (Å²) in [4.78, 5) is 0. The average molecular weight is 1250 g/mol. The van der Waals surface area contributed by atoms with Crippen molar-refractivity contribution < 1.29 is 41.4 Å². The minimum absolute atomic E-state index is 0. The molecule has 7 rings (SSSR count). The molecule has 2 fully saturated rings. The zero-order valence-electron chi connectivity index (χ0n) is 58.8. The standard InChI is InChI=1S/C43H64O3.C33H50O6P2.CH4/c1-28(2)22-31-16-19-37(34(25-31)41(7,8)9)44-40(45-38-20-17-32(23-29(3)4)26-35(38)42(10,11)12)46-39-21-18-33(24-30(5)6)27-36(39)43(13,14)15;1-23(2)16-24-12-14-28(26(17-24)31(6,7)8)38-40-34-19-33(20-35-40)21-36-41(37-22-33)39-29-15-13-25(30(3,4)5)18-27(29)32(9,10)11;/h16-21,25-30,40H,22-24H2,1-15H3;12-15,17-18,23H,16,19-22H2,1-11H3;1H4. The molecule has 2 aliphatic rings. The monoisotopic (exact) mass is 1250 g/mol. The van der Waals surface area contributed by atoms with Crippen molar-refractivity contribution in [3.05, 3.63) is 147 Å². The second-order valence-electron chi connectivity index (χ2n) is 32.8. The Bertz CT molecular complexity index is 2830. The van der Waals surface area contributed by atoms with Gasteiger partial charge >= 0.3 is 23.7 Å². The molecule has 11 heteroatoms. The van der Waals surface area contributed by atoms with E-state index in [1.165, 1.54) is 33.4 Å². The van der Waals surface area contributed by atoms with Gasteiger partial charge in [0.25, 0.3) is 0 Å². The van der Waals surface area contributed by atoms with Gasteiger partial charge in [-0.25, -0.2) is 0 Å². The topological polar surface area (TPSA) is 83.1 Å². The van der Waals surface area contributed by atoms with Crippen LogP contribution in [0.2, 0.25) is 0 Å². The Morgan fingerprint density at radius 3 is 0.830 bits per heavy atom. The van der Waals surface area contributed by atoms with Crippen molar-refractivity contribution >= 4 is 17.2 Å². The van der Waals surface area contributed by atoms with Crippen LogP contribution < -0.4 is 23.3 Å². The Labute approximate surface area is 538 Å². The predicted molar refractivity (Wildman–Crippen MR) is 372 cm³/mol. The quantitative estimate of drug-likeness (QED) is 0.0629. The lowest BCUT2D eigenvalue weighted by Crippen LogP contribution is -2.45. The minimum Gasteiger partial charge on any atom is -0.426 e. The molecule has 0 unspecified atom stereocenters. The van der Waals surface area contributed by atoms with Crippen molar-refractivity contribution in [2.75, 3.05) is 26.4 Å². The summed E-state index contributed by atoms with van der Waals surface area (Å²) in [5, 5.41) is 0. The number of hydrogen-bond acceptors (Lipinski definition) is 9. The first-order valence-corrected chi connectivity index (χ1v) is 34.4. The normalized spacial score (nSPS) is 17.9. The SMILES string of the molecule is C.CC(C)Cc1ccc(OC(Oc2ccc(CC(C)C)cc2C(C)(C)C)Oc2ccc(CC(C)C)cc2C(C)(C)C)c(C(C)(C)C)c1.CC(C)Cc1ccc(OP2OCC3(CO2)COP(Oc2ccc(C(C)(C)C)cc2C(C)(C)C)OC3)c(C(C)(C)C)c1. The highest BCUT2D eigenvalue weighted by molar-refractivity contribution is 7.42. The maximum atomic E-state index is 6.82. The van der Waals surface area contributed by atoms with Gasteiger partial charge < -0.3 is 41.4 Å². The van der Waals surface area contributed by atoms with Gasteiger partial charge in [-0.15, -0.1) is 0 Å². The molecule has 1 spiro atoms. The third kappa shape index (κ3) is 21.7. The fourth-order valence-electron chi connectivity index (χ4n) is 10.8. The van der Waals surface area contributed by atoms with Crippen molar-refractivity contribution in [2.24, 2.45) is 29.1 Å². The molecule has 490 valence electrons. The zero-order valence-corrected chi connectivity index (χ0v) is 60.6. The van der Waals surface area contributed by atoms with Gasteiger partial charge in [0.05, 0.1) is 31.8 Å². The Balaban J connectivity index is 0.000000319. The molecule has 0 radical (unpaired) electrons. The summed E-state index contributed by atoms with van der Waals surface area (Å²) in [5.74, 6) is 6.31. The minimum atomic E-state index is -1.51. The third-order valence-corrected chi connectivity index (χ3v) is 17.6. The summed E-state index contributed by atoms with van der Waals surface area (Å²) in [6.45, 7) is 58.9. The van der Waals surface area contributed by atoms with E-state index in [0.717, 1.165) is 76.7 Å². The second-order valence-corrected chi connectivity index (χ2v) is 35.1. The van der Waals surface area contributed by atoms with Gasteiger partial charge in [0.1, 0.15) is 28.7 Å². The van der Waals surface area contributed by atoms with Crippen LogP contribution in [0.25, 0.3) is 0 Å². The van der Waals surface area contributed by atoms with Crippen LogP contribution in [0.15, 0.2) is 91.0 Å². The van der Waals surface area contributed by atoms with E-state index in [1.54, 1.807) is 0 Å². The zero-order chi connectivity index (χ0) is 64.8. The lowest BCUT2D eigenvalue weighted by atomic mass is 9.80. The highest BCUT2D eigenvalue weighted by Gasteiger charge is 2.45. The summed E-state index contributed by atoms with van der Waals surface area (Å²) >= 11 is 0. The van der Waals surface area contributed by atoms with Crippen LogP contribution in [-0.4, -0.2) is 32.9 Å². The Morgan fingerprint density at radius 1 is 0.341 bits per heavy atom. The molecule has 9 nitrogen and oxygen atoms in total. The van der Waals surface area contributed by atoms with Crippen LogP contribution in [0.4, 0.5) is 0 Å². The highest BCUT2D eigenvalue weighted by atomic mass is 31.2. The van der Waals surface area contributed by atoms with Crippen LogP contribution in [-0.2, 0) is 76.3 Å². The second kappa shape index (κ2) is 30.0. The molecule has 88 heavy (non-hydrogen) atoms. The van der Waals surface area contributed by atoms with Crippen LogP contribution >= 0.6 is 17.2 Å². The molecular formula is C77H118O9P2. The summed E-state index contributed by atoms with van der Waals surface area (Å²) in [6, 6.07) is 32.7. The first kappa shape index (κ1) is 74.5. The molecule has 0 saturated carbocycles. The number of benzene rings is 5. The molecule has 0 N–H and O–H groups in total. The van der Waals surface area contributed by atoms with Gasteiger partial charge in [-0.2, -0.15) is 0 Å². The number of ether oxygens (including phenoxy) is 3. The molecule has 0 aromatic heterocycles. The summed E-state index contributed by atoms with van der Waals surface area (Å²) < 4.78 is 57.6. The molecule has 0 amide bonds. The molecule has 0 atom stereocenters. The van der Waals surface area contributed by atoms with Gasteiger partial charge in [0, 0.05) is 27.8 Å². The van der Waals surface area contributed by atoms with Crippen LogP contribution in [0.5, 0.6) is 28.7 Å². The van der Waals surface area contributed by atoms with Crippen molar-refractivity contribution in [3.8, 4) is 28.7 Å². The van der Waals surface area contributed by atoms with Gasteiger partial charge in [0.2, 0.25) is 0 Å². The molecule has 5 aromatic carbocycles. The van der Waals surface area contributed by atoms with E-state index >= 15 is 0 Å². The van der Waals surface area contributed by atoms with Crippen molar-refractivity contribution in [1.82, 2.24) is 0 Å². The van der Waals surface area contributed by atoms with Crippen molar-refractivity contribution in [2.45, 2.75) is 252 Å². The summed E-state index contributed by atoms with van der Waals surface area (Å²) in [6.07, 6.45) is 4.11. The van der Waals surface area contributed by atoms with Gasteiger partial charge in [-0.05, 0) is 140 Å². The summed E-state index contributed by atoms with van der Waals surface area (Å²) in [5.41, 5.74) is 11.5. The molecule has 2 saturated heterocycles. The lowest BCUT2D eigenvalue weighted by molar-refractivity contribution is -0.142. The van der Waals surface area contributed by atoms with Crippen molar-refractivity contribution in [1.29, 1.82) is 0 Å². The number of rotatable bonds is 18.